The van der Waals surface area contributed by atoms with Crippen molar-refractivity contribution in [3.8, 4) is 0 Å². The molecule has 0 unspecified atom stereocenters. The molecule has 2 N–H and O–H groups in total. The minimum Gasteiger partial charge on any atom is -0.349 e. The summed E-state index contributed by atoms with van der Waals surface area (Å²) in [7, 11) is 0.579. The van der Waals surface area contributed by atoms with E-state index in [0.29, 0.717) is 0 Å². The van der Waals surface area contributed by atoms with E-state index in [4.69, 9.17) is 14.4 Å². The van der Waals surface area contributed by atoms with E-state index in [9.17, 15) is 4.79 Å². The van der Waals surface area contributed by atoms with E-state index in [1.165, 1.54) is 11.8 Å². The molecule has 5 nitrogen and oxygen atoms in total. The molecule has 1 amide bonds. The molecule has 0 spiro atoms. The summed E-state index contributed by atoms with van der Waals surface area (Å²) in [4.78, 5) is 25.8. The molecule has 10 heavy (non-hydrogen) atoms. The van der Waals surface area contributed by atoms with Gasteiger partial charge in [-0.2, -0.15) is 0 Å². The molecule has 0 saturated carbocycles. The van der Waals surface area contributed by atoms with Crippen LogP contribution in [-0.4, -0.2) is 34.7 Å². The van der Waals surface area contributed by atoms with Crippen molar-refractivity contribution >= 4 is 14.2 Å². The molecular formula is C4H11NO4P+. The third-order valence-electron chi connectivity index (χ3n) is 0.630. The molecule has 0 bridgehead atoms. The van der Waals surface area contributed by atoms with Crippen LogP contribution in [0.3, 0.4) is 0 Å². The molecule has 0 atom stereocenters. The molecule has 6 heteroatoms. The molecule has 0 fully saturated rings. The number of rotatable bonds is 0. The van der Waals surface area contributed by atoms with Crippen molar-refractivity contribution in [1.82, 2.24) is 4.90 Å². The Morgan fingerprint density at radius 3 is 1.50 bits per heavy atom. The van der Waals surface area contributed by atoms with Crippen LogP contribution in [0.5, 0.6) is 0 Å². The summed E-state index contributed by atoms with van der Waals surface area (Å²) in [6, 6.07) is 0. The van der Waals surface area contributed by atoms with Gasteiger partial charge in [0.05, 0.1) is 0 Å². The van der Waals surface area contributed by atoms with Crippen LogP contribution >= 0.6 is 8.25 Å². The van der Waals surface area contributed by atoms with Gasteiger partial charge in [0.2, 0.25) is 5.91 Å². The van der Waals surface area contributed by atoms with Crippen molar-refractivity contribution in [2.75, 3.05) is 14.1 Å². The monoisotopic (exact) mass is 168 g/mol. The minimum absolute atomic E-state index is 0.0926. The third kappa shape index (κ3) is 25.9. The summed E-state index contributed by atoms with van der Waals surface area (Å²) in [5, 5.41) is 0. The van der Waals surface area contributed by atoms with Gasteiger partial charge in [0.25, 0.3) is 0 Å². The Bertz CT molecular complexity index is 120. The van der Waals surface area contributed by atoms with Crippen molar-refractivity contribution in [2.24, 2.45) is 0 Å². The van der Waals surface area contributed by atoms with Gasteiger partial charge in [0, 0.05) is 25.6 Å². The molecule has 0 aliphatic heterocycles. The smallest absolute Gasteiger partial charge is 0.349 e. The van der Waals surface area contributed by atoms with Crippen LogP contribution in [0.4, 0.5) is 0 Å². The normalized spacial score (nSPS) is 7.30. The Balaban J connectivity index is 0. The lowest BCUT2D eigenvalue weighted by Crippen LogP contribution is -2.17. The Morgan fingerprint density at radius 1 is 1.40 bits per heavy atom. The summed E-state index contributed by atoms with van der Waals surface area (Å²) in [5.74, 6) is 0.0926. The maximum atomic E-state index is 10.1. The van der Waals surface area contributed by atoms with Crippen LogP contribution in [0.1, 0.15) is 6.92 Å². The van der Waals surface area contributed by atoms with Crippen molar-refractivity contribution < 1.29 is 19.1 Å². The maximum Gasteiger partial charge on any atom is 0.692 e. The molecular weight excluding hydrogens is 157 g/mol. The summed E-state index contributed by atoms with van der Waals surface area (Å²) in [6.07, 6.45) is 0. The molecule has 0 aliphatic rings. The van der Waals surface area contributed by atoms with Gasteiger partial charge in [-0.1, -0.05) is 0 Å². The van der Waals surface area contributed by atoms with E-state index in [0.717, 1.165) is 0 Å². The second-order valence-corrected chi connectivity index (χ2v) is 2.17. The van der Waals surface area contributed by atoms with Gasteiger partial charge in [-0.3, -0.25) is 4.79 Å². The average molecular weight is 168 g/mol. The fraction of sp³-hybridized carbons (Fsp3) is 0.750. The quantitative estimate of drug-likeness (QED) is 0.488. The molecule has 0 heterocycles. The first-order chi connectivity index (χ1) is 4.37. The Kier molecular flexibility index (Phi) is 8.06. The second kappa shape index (κ2) is 6.61. The van der Waals surface area contributed by atoms with Crippen molar-refractivity contribution in [1.29, 1.82) is 0 Å². The lowest BCUT2D eigenvalue weighted by Gasteiger charge is -2.02. The van der Waals surface area contributed by atoms with Gasteiger partial charge in [-0.15, -0.1) is 9.79 Å². The molecule has 0 aromatic rings. The number of carbonyl (C=O) groups excluding carboxylic acids is 1. The minimum atomic E-state index is -2.87. The molecule has 0 aliphatic carbocycles. The lowest BCUT2D eigenvalue weighted by molar-refractivity contribution is -0.126. The number of nitrogens with zero attached hydrogens (tertiary/aromatic N) is 1. The average Bonchev–Trinajstić information content (AvgIpc) is 1.63. The molecule has 0 rings (SSSR count). The molecule has 60 valence electrons. The first kappa shape index (κ1) is 12.2. The van der Waals surface area contributed by atoms with Crippen molar-refractivity contribution in [3.05, 3.63) is 0 Å². The van der Waals surface area contributed by atoms with Gasteiger partial charge in [-0.05, 0) is 0 Å². The van der Waals surface area contributed by atoms with Gasteiger partial charge < -0.3 is 4.90 Å². The van der Waals surface area contributed by atoms with Crippen molar-refractivity contribution in [2.45, 2.75) is 6.92 Å². The van der Waals surface area contributed by atoms with Gasteiger partial charge in [0.1, 0.15) is 0 Å². The number of carbonyl (C=O) groups is 1. The summed E-state index contributed by atoms with van der Waals surface area (Å²) >= 11 is 0. The van der Waals surface area contributed by atoms with Crippen LogP contribution in [0.25, 0.3) is 0 Å². The maximum absolute atomic E-state index is 10.1. The third-order valence-corrected chi connectivity index (χ3v) is 0.630. The standard InChI is InChI=1S/C4H9NO.HO3P/c1-4(6)5(2)3;1-4(2)3/h1-3H3;(H-,1,2,3)/p+1. The zero-order valence-electron chi connectivity index (χ0n) is 6.11. The van der Waals surface area contributed by atoms with E-state index < -0.39 is 8.25 Å². The Morgan fingerprint density at radius 2 is 1.50 bits per heavy atom. The highest BCUT2D eigenvalue weighted by atomic mass is 31.1. The van der Waals surface area contributed by atoms with Gasteiger partial charge >= 0.3 is 8.25 Å². The topological polar surface area (TPSA) is 77.8 Å². The number of amides is 1. The van der Waals surface area contributed by atoms with Crippen LogP contribution in [0.2, 0.25) is 0 Å². The van der Waals surface area contributed by atoms with Crippen LogP contribution < -0.4 is 0 Å². The van der Waals surface area contributed by atoms with E-state index in [-0.39, 0.29) is 5.91 Å². The second-order valence-electron chi connectivity index (χ2n) is 1.67. The van der Waals surface area contributed by atoms with Gasteiger partial charge in [0.15, 0.2) is 0 Å². The van der Waals surface area contributed by atoms with Crippen molar-refractivity contribution in [3.63, 3.8) is 0 Å². The highest BCUT2D eigenvalue weighted by Gasteiger charge is 1.93. The zero-order valence-corrected chi connectivity index (χ0v) is 7.00. The number of hydrogen-bond acceptors (Lipinski definition) is 2. The van der Waals surface area contributed by atoms with Gasteiger partial charge in [-0.25, -0.2) is 0 Å². The van der Waals surface area contributed by atoms with E-state index in [1.807, 2.05) is 0 Å². The summed E-state index contributed by atoms with van der Waals surface area (Å²) < 4.78 is 8.70. The summed E-state index contributed by atoms with van der Waals surface area (Å²) in [5.41, 5.74) is 0. The highest BCUT2D eigenvalue weighted by Crippen LogP contribution is 1.98. The first-order valence-corrected chi connectivity index (χ1v) is 3.57. The fourth-order valence-electron chi connectivity index (χ4n) is 0. The Hall–Kier alpha value is -0.510. The zero-order chi connectivity index (χ0) is 8.73. The SMILES string of the molecule is CC(=O)N(C)C.O=[P+](O)O. The molecule has 0 saturated heterocycles. The predicted molar refractivity (Wildman–Crippen MR) is 36.4 cm³/mol. The summed E-state index contributed by atoms with van der Waals surface area (Å²) in [6.45, 7) is 1.53. The van der Waals surface area contributed by atoms with Crippen LogP contribution in [0, 0.1) is 0 Å². The van der Waals surface area contributed by atoms with E-state index in [2.05, 4.69) is 0 Å². The predicted octanol–water partition coefficient (Wildman–Crippen LogP) is -0.277. The largest absolute Gasteiger partial charge is 0.692 e. The highest BCUT2D eigenvalue weighted by molar-refractivity contribution is 7.30. The molecule has 0 radical (unpaired) electrons. The first-order valence-electron chi connectivity index (χ1n) is 2.40. The fourth-order valence-corrected chi connectivity index (χ4v) is 0. The van der Waals surface area contributed by atoms with E-state index in [1.54, 1.807) is 14.1 Å². The molecule has 0 aromatic carbocycles. The van der Waals surface area contributed by atoms with Crippen LogP contribution in [-0.2, 0) is 9.36 Å². The lowest BCUT2D eigenvalue weighted by atomic mass is 10.7. The van der Waals surface area contributed by atoms with E-state index >= 15 is 0 Å². The number of hydrogen-bond donors (Lipinski definition) is 2. The van der Waals surface area contributed by atoms with Crippen LogP contribution in [0.15, 0.2) is 0 Å². The Labute approximate surface area is 60.2 Å². The molecule has 0 aromatic heterocycles.